The van der Waals surface area contributed by atoms with Crippen molar-refractivity contribution < 1.29 is 23.8 Å². The SMILES string of the molecule is C[C@H]1CN([C@@H](C)CO)C(=O)c2cc(C#Cc3ccncc3)cnc2O[C@@H]1CN(C)C(=O)c1ccccc1F. The van der Waals surface area contributed by atoms with Gasteiger partial charge in [-0.25, -0.2) is 9.37 Å². The van der Waals surface area contributed by atoms with E-state index in [1.54, 1.807) is 55.5 Å². The highest BCUT2D eigenvalue weighted by atomic mass is 19.1. The summed E-state index contributed by atoms with van der Waals surface area (Å²) in [5, 5.41) is 9.85. The lowest BCUT2D eigenvalue weighted by molar-refractivity contribution is 0.0312. The molecule has 3 aromatic rings. The normalized spacial score (nSPS) is 17.7. The second-order valence-corrected chi connectivity index (χ2v) is 9.35. The second kappa shape index (κ2) is 11.8. The van der Waals surface area contributed by atoms with Gasteiger partial charge in [0.2, 0.25) is 5.88 Å². The van der Waals surface area contributed by atoms with Crippen molar-refractivity contribution in [3.8, 4) is 17.7 Å². The zero-order valence-corrected chi connectivity index (χ0v) is 21.5. The summed E-state index contributed by atoms with van der Waals surface area (Å²) >= 11 is 0. The van der Waals surface area contributed by atoms with Crippen molar-refractivity contribution in [3.63, 3.8) is 0 Å². The Labute approximate surface area is 221 Å². The van der Waals surface area contributed by atoms with Crippen molar-refractivity contribution in [1.29, 1.82) is 0 Å². The lowest BCUT2D eigenvalue weighted by Gasteiger charge is -2.37. The Morgan fingerprint density at radius 2 is 1.95 bits per heavy atom. The van der Waals surface area contributed by atoms with Gasteiger partial charge >= 0.3 is 0 Å². The highest BCUT2D eigenvalue weighted by Gasteiger charge is 2.35. The predicted molar refractivity (Wildman–Crippen MR) is 139 cm³/mol. The van der Waals surface area contributed by atoms with Crippen molar-refractivity contribution in [2.24, 2.45) is 5.92 Å². The predicted octanol–water partition coefficient (Wildman–Crippen LogP) is 3.01. The molecular weight excluding hydrogens is 487 g/mol. The number of halogens is 1. The molecule has 38 heavy (non-hydrogen) atoms. The molecule has 0 saturated carbocycles. The first kappa shape index (κ1) is 26.8. The highest BCUT2D eigenvalue weighted by molar-refractivity contribution is 5.97. The van der Waals surface area contributed by atoms with E-state index in [0.29, 0.717) is 5.56 Å². The molecule has 1 N–H and O–H groups in total. The topological polar surface area (TPSA) is 95.9 Å². The van der Waals surface area contributed by atoms with E-state index in [1.165, 1.54) is 29.3 Å². The average molecular weight is 517 g/mol. The number of aromatic nitrogens is 2. The van der Waals surface area contributed by atoms with Crippen molar-refractivity contribution in [1.82, 2.24) is 19.8 Å². The fraction of sp³-hybridized carbons (Fsp3) is 0.310. The van der Waals surface area contributed by atoms with E-state index in [-0.39, 0.29) is 48.5 Å². The molecule has 196 valence electrons. The summed E-state index contributed by atoms with van der Waals surface area (Å²) in [5.74, 6) is 4.50. The van der Waals surface area contributed by atoms with Crippen LogP contribution in [0.4, 0.5) is 4.39 Å². The number of amides is 2. The Bertz CT molecular complexity index is 1370. The fourth-order valence-electron chi connectivity index (χ4n) is 4.16. The van der Waals surface area contributed by atoms with E-state index in [1.807, 2.05) is 6.92 Å². The minimum absolute atomic E-state index is 0.0323. The number of carbonyl (C=O) groups is 2. The number of hydrogen-bond acceptors (Lipinski definition) is 6. The van der Waals surface area contributed by atoms with Gasteiger partial charge in [0.05, 0.1) is 24.8 Å². The van der Waals surface area contributed by atoms with Crippen molar-refractivity contribution in [3.05, 3.63) is 89.1 Å². The van der Waals surface area contributed by atoms with E-state index in [4.69, 9.17) is 4.74 Å². The summed E-state index contributed by atoms with van der Waals surface area (Å²) in [6.45, 7) is 3.85. The van der Waals surface area contributed by atoms with Crippen LogP contribution < -0.4 is 4.74 Å². The van der Waals surface area contributed by atoms with Gasteiger partial charge in [0.25, 0.3) is 11.8 Å². The minimum Gasteiger partial charge on any atom is -0.472 e. The summed E-state index contributed by atoms with van der Waals surface area (Å²) in [4.78, 5) is 37.9. The van der Waals surface area contributed by atoms with E-state index >= 15 is 0 Å². The number of aliphatic hydroxyl groups excluding tert-OH is 1. The first-order valence-electron chi connectivity index (χ1n) is 12.3. The molecule has 4 rings (SSSR count). The van der Waals surface area contributed by atoms with Crippen LogP contribution in [-0.2, 0) is 0 Å². The number of likely N-dealkylation sites (N-methyl/N-ethyl adjacent to an activating group) is 1. The number of aliphatic hydroxyl groups is 1. The van der Waals surface area contributed by atoms with Crippen LogP contribution in [0.3, 0.4) is 0 Å². The Balaban J connectivity index is 1.66. The third-order valence-electron chi connectivity index (χ3n) is 6.46. The largest absolute Gasteiger partial charge is 0.472 e. The van der Waals surface area contributed by atoms with Crippen LogP contribution >= 0.6 is 0 Å². The van der Waals surface area contributed by atoms with E-state index in [2.05, 4.69) is 21.8 Å². The number of carbonyl (C=O) groups excluding carboxylic acids is 2. The van der Waals surface area contributed by atoms with Gasteiger partial charge < -0.3 is 19.6 Å². The molecule has 9 heteroatoms. The number of hydrogen-bond donors (Lipinski definition) is 1. The lowest BCUT2D eigenvalue weighted by atomic mass is 9.99. The summed E-state index contributed by atoms with van der Waals surface area (Å²) in [7, 11) is 1.58. The molecule has 0 spiro atoms. The molecule has 3 atom stereocenters. The van der Waals surface area contributed by atoms with Crippen LogP contribution in [0.5, 0.6) is 5.88 Å². The van der Waals surface area contributed by atoms with Gasteiger partial charge in [-0.2, -0.15) is 0 Å². The lowest BCUT2D eigenvalue weighted by Crippen LogP contribution is -2.50. The smallest absolute Gasteiger partial charge is 0.259 e. The molecule has 0 saturated heterocycles. The molecule has 0 aliphatic carbocycles. The Hall–Kier alpha value is -4.29. The third kappa shape index (κ3) is 5.98. The molecule has 0 radical (unpaired) electrons. The third-order valence-corrected chi connectivity index (χ3v) is 6.46. The average Bonchev–Trinajstić information content (AvgIpc) is 2.93. The molecule has 0 fully saturated rings. The summed E-state index contributed by atoms with van der Waals surface area (Å²) in [6.07, 6.45) is 4.25. The molecule has 0 unspecified atom stereocenters. The fourth-order valence-corrected chi connectivity index (χ4v) is 4.16. The first-order chi connectivity index (χ1) is 18.3. The van der Waals surface area contributed by atoms with Gasteiger partial charge in [0.1, 0.15) is 17.5 Å². The number of fused-ring (bicyclic) bond motifs is 1. The first-order valence-corrected chi connectivity index (χ1v) is 12.3. The van der Waals surface area contributed by atoms with Gasteiger partial charge in [-0.3, -0.25) is 14.6 Å². The number of benzene rings is 1. The van der Waals surface area contributed by atoms with E-state index in [9.17, 15) is 19.1 Å². The summed E-state index contributed by atoms with van der Waals surface area (Å²) in [6, 6.07) is 10.5. The van der Waals surface area contributed by atoms with Gasteiger partial charge in [-0.1, -0.05) is 30.9 Å². The van der Waals surface area contributed by atoms with Crippen molar-refractivity contribution in [2.45, 2.75) is 26.0 Å². The van der Waals surface area contributed by atoms with Crippen molar-refractivity contribution in [2.75, 3.05) is 26.7 Å². The standard InChI is InChI=1S/C29H29FN4O4/c1-19-16-34(20(2)18-35)29(37)24-14-22(9-8-21-10-12-31-13-11-21)15-32-27(24)38-26(19)17-33(3)28(36)23-6-4-5-7-25(23)30/h4-7,10-15,19-20,26,35H,16-18H2,1-3H3/t19-,20-,26+/m0/s1. The zero-order chi connectivity index (χ0) is 27.2. The number of nitrogens with zero attached hydrogens (tertiary/aromatic N) is 4. The van der Waals surface area contributed by atoms with Gasteiger partial charge in [0, 0.05) is 49.2 Å². The minimum atomic E-state index is -0.600. The molecule has 1 aliphatic heterocycles. The van der Waals surface area contributed by atoms with Gasteiger partial charge in [-0.15, -0.1) is 0 Å². The van der Waals surface area contributed by atoms with Crippen LogP contribution in [0, 0.1) is 23.6 Å². The Morgan fingerprint density at radius 1 is 1.24 bits per heavy atom. The summed E-state index contributed by atoms with van der Waals surface area (Å²) in [5.41, 5.74) is 1.47. The van der Waals surface area contributed by atoms with Crippen LogP contribution in [0.15, 0.2) is 61.1 Å². The monoisotopic (exact) mass is 516 g/mol. The molecule has 2 aromatic heterocycles. The Morgan fingerprint density at radius 3 is 2.66 bits per heavy atom. The highest BCUT2D eigenvalue weighted by Crippen LogP contribution is 2.27. The van der Waals surface area contributed by atoms with Crippen LogP contribution in [0.25, 0.3) is 0 Å². The maximum Gasteiger partial charge on any atom is 0.259 e. The van der Waals surface area contributed by atoms with Crippen LogP contribution in [-0.4, -0.2) is 75.6 Å². The van der Waals surface area contributed by atoms with Gasteiger partial charge in [0.15, 0.2) is 0 Å². The maximum absolute atomic E-state index is 14.2. The molecule has 8 nitrogen and oxygen atoms in total. The molecular formula is C29H29FN4O4. The van der Waals surface area contributed by atoms with E-state index < -0.39 is 23.9 Å². The van der Waals surface area contributed by atoms with Crippen LogP contribution in [0.2, 0.25) is 0 Å². The maximum atomic E-state index is 14.2. The number of rotatable bonds is 5. The molecule has 1 aromatic carbocycles. The number of ether oxygens (including phenoxy) is 1. The molecule has 0 bridgehead atoms. The van der Waals surface area contributed by atoms with Gasteiger partial charge in [-0.05, 0) is 37.3 Å². The molecule has 1 aliphatic rings. The van der Waals surface area contributed by atoms with Crippen molar-refractivity contribution >= 4 is 11.8 Å². The van der Waals surface area contributed by atoms with Crippen LogP contribution in [0.1, 0.15) is 45.7 Å². The Kier molecular flexibility index (Phi) is 8.34. The molecule has 2 amide bonds. The quantitative estimate of drug-likeness (QED) is 0.524. The second-order valence-electron chi connectivity index (χ2n) is 9.35. The zero-order valence-electron chi connectivity index (χ0n) is 21.5. The summed E-state index contributed by atoms with van der Waals surface area (Å²) < 4.78 is 20.5. The number of pyridine rings is 2. The van der Waals surface area contributed by atoms with E-state index in [0.717, 1.165) is 5.56 Å². The molecule has 3 heterocycles.